The molecule has 0 spiro atoms. The number of aromatic nitrogens is 1. The molecule has 22 heavy (non-hydrogen) atoms. The van der Waals surface area contributed by atoms with Crippen molar-refractivity contribution in [2.75, 3.05) is 18.4 Å². The summed E-state index contributed by atoms with van der Waals surface area (Å²) in [5.74, 6) is 0.572. The molecule has 2 aromatic rings. The van der Waals surface area contributed by atoms with Gasteiger partial charge in [-0.05, 0) is 44.5 Å². The van der Waals surface area contributed by atoms with E-state index in [4.69, 9.17) is 0 Å². The van der Waals surface area contributed by atoms with Crippen LogP contribution in [0.1, 0.15) is 17.8 Å². The molecule has 2 heterocycles. The van der Waals surface area contributed by atoms with Crippen LogP contribution in [0.5, 0.6) is 0 Å². The number of thiazole rings is 1. The Labute approximate surface area is 140 Å². The number of carbonyl (C=O) groups excluding carboxylic acids is 1. The Morgan fingerprint density at radius 2 is 2.18 bits per heavy atom. The molecule has 6 heteroatoms. The van der Waals surface area contributed by atoms with Crippen LogP contribution in [0.15, 0.2) is 29.6 Å². The third-order valence-corrected chi connectivity index (χ3v) is 4.49. The molecule has 0 aliphatic carbocycles. The minimum absolute atomic E-state index is 0. The van der Waals surface area contributed by atoms with Crippen LogP contribution in [0.3, 0.4) is 0 Å². The van der Waals surface area contributed by atoms with E-state index in [0.29, 0.717) is 12.3 Å². The second-order valence-corrected chi connectivity index (χ2v) is 6.50. The number of benzene rings is 1. The number of nitrogens with zero attached hydrogens (tertiary/aromatic N) is 1. The average Bonchev–Trinajstić information content (AvgIpc) is 3.11. The van der Waals surface area contributed by atoms with Crippen LogP contribution in [-0.4, -0.2) is 24.0 Å². The highest BCUT2D eigenvalue weighted by Crippen LogP contribution is 2.23. The number of carbonyl (C=O) groups is 1. The number of hydrogen-bond acceptors (Lipinski definition) is 4. The summed E-state index contributed by atoms with van der Waals surface area (Å²) in [6.07, 6.45) is 1.69. The van der Waals surface area contributed by atoms with Crippen molar-refractivity contribution in [2.45, 2.75) is 19.8 Å². The van der Waals surface area contributed by atoms with Crippen LogP contribution in [0, 0.1) is 12.8 Å². The third kappa shape index (κ3) is 4.29. The standard InChI is InChI=1S/C16H19N3OS.ClH/c1-11-18-15(10-21-11)13-2-4-14(5-3-13)19-16(20)8-12-6-7-17-9-12;/h2-5,10,12,17H,6-9H2,1H3,(H,19,20);1H. The van der Waals surface area contributed by atoms with E-state index < -0.39 is 0 Å². The molecule has 3 rings (SSSR count). The topological polar surface area (TPSA) is 54.0 Å². The van der Waals surface area contributed by atoms with Crippen molar-refractivity contribution in [3.8, 4) is 11.3 Å². The molecule has 1 aromatic carbocycles. The van der Waals surface area contributed by atoms with E-state index in [9.17, 15) is 4.79 Å². The Kier molecular flexibility index (Phi) is 5.94. The number of amides is 1. The van der Waals surface area contributed by atoms with Gasteiger partial charge in [-0.25, -0.2) is 4.98 Å². The van der Waals surface area contributed by atoms with Crippen LogP contribution in [0.2, 0.25) is 0 Å². The van der Waals surface area contributed by atoms with E-state index in [0.717, 1.165) is 41.5 Å². The first-order valence-corrected chi connectivity index (χ1v) is 8.12. The summed E-state index contributed by atoms with van der Waals surface area (Å²) in [5, 5.41) is 9.37. The molecule has 1 amide bonds. The normalized spacial score (nSPS) is 17.0. The predicted octanol–water partition coefficient (Wildman–Crippen LogP) is 3.48. The van der Waals surface area contributed by atoms with Gasteiger partial charge in [-0.1, -0.05) is 12.1 Å². The molecule has 118 valence electrons. The van der Waals surface area contributed by atoms with Crippen molar-refractivity contribution < 1.29 is 4.79 Å². The Balaban J connectivity index is 0.00000176. The first-order chi connectivity index (χ1) is 10.2. The van der Waals surface area contributed by atoms with Crippen LogP contribution in [0.4, 0.5) is 5.69 Å². The summed E-state index contributed by atoms with van der Waals surface area (Å²) in [5.41, 5.74) is 2.92. The van der Waals surface area contributed by atoms with Crippen molar-refractivity contribution in [1.29, 1.82) is 0 Å². The van der Waals surface area contributed by atoms with Gasteiger partial charge in [-0.2, -0.15) is 0 Å². The summed E-state index contributed by atoms with van der Waals surface area (Å²) in [7, 11) is 0. The second-order valence-electron chi connectivity index (χ2n) is 5.44. The molecular formula is C16H20ClN3OS. The van der Waals surface area contributed by atoms with Crippen LogP contribution in [0.25, 0.3) is 11.3 Å². The number of hydrogen-bond donors (Lipinski definition) is 2. The molecule has 1 atom stereocenters. The van der Waals surface area contributed by atoms with Crippen LogP contribution in [-0.2, 0) is 4.79 Å². The maximum absolute atomic E-state index is 12.0. The molecule has 1 fully saturated rings. The zero-order chi connectivity index (χ0) is 14.7. The summed E-state index contributed by atoms with van der Waals surface area (Å²) in [6, 6.07) is 7.88. The maximum atomic E-state index is 12.0. The summed E-state index contributed by atoms with van der Waals surface area (Å²) in [4.78, 5) is 16.4. The molecule has 1 aliphatic heterocycles. The minimum atomic E-state index is 0. The number of anilines is 1. The van der Waals surface area contributed by atoms with Gasteiger partial charge in [0.2, 0.25) is 5.91 Å². The van der Waals surface area contributed by atoms with Gasteiger partial charge in [-0.3, -0.25) is 4.79 Å². The lowest BCUT2D eigenvalue weighted by molar-refractivity contribution is -0.116. The highest BCUT2D eigenvalue weighted by atomic mass is 35.5. The first kappa shape index (κ1) is 16.9. The lowest BCUT2D eigenvalue weighted by atomic mass is 10.0. The van der Waals surface area contributed by atoms with E-state index in [-0.39, 0.29) is 18.3 Å². The van der Waals surface area contributed by atoms with Gasteiger partial charge < -0.3 is 10.6 Å². The summed E-state index contributed by atoms with van der Waals surface area (Å²) >= 11 is 1.65. The summed E-state index contributed by atoms with van der Waals surface area (Å²) < 4.78 is 0. The molecule has 1 aliphatic rings. The van der Waals surface area contributed by atoms with Crippen molar-refractivity contribution in [3.05, 3.63) is 34.7 Å². The van der Waals surface area contributed by atoms with E-state index in [2.05, 4.69) is 21.0 Å². The number of nitrogens with one attached hydrogen (secondary N) is 2. The molecule has 0 bridgehead atoms. The third-order valence-electron chi connectivity index (χ3n) is 3.72. The van der Waals surface area contributed by atoms with Gasteiger partial charge in [0.25, 0.3) is 0 Å². The number of rotatable bonds is 4. The van der Waals surface area contributed by atoms with Gasteiger partial charge in [0.1, 0.15) is 0 Å². The van der Waals surface area contributed by atoms with E-state index in [1.807, 2.05) is 31.2 Å². The monoisotopic (exact) mass is 337 g/mol. The number of halogens is 1. The maximum Gasteiger partial charge on any atom is 0.224 e. The van der Waals surface area contributed by atoms with Crippen molar-refractivity contribution in [2.24, 2.45) is 5.92 Å². The van der Waals surface area contributed by atoms with Gasteiger partial charge in [0.15, 0.2) is 0 Å². The highest BCUT2D eigenvalue weighted by Gasteiger charge is 2.17. The molecule has 4 nitrogen and oxygen atoms in total. The molecule has 1 aromatic heterocycles. The van der Waals surface area contributed by atoms with Gasteiger partial charge in [-0.15, -0.1) is 23.7 Å². The summed E-state index contributed by atoms with van der Waals surface area (Å²) in [6.45, 7) is 3.98. The smallest absolute Gasteiger partial charge is 0.224 e. The fourth-order valence-corrected chi connectivity index (χ4v) is 3.21. The van der Waals surface area contributed by atoms with Gasteiger partial charge in [0.05, 0.1) is 10.7 Å². The SMILES string of the molecule is Cc1nc(-c2ccc(NC(=O)CC3CCNC3)cc2)cs1.Cl. The Bertz CT molecular complexity index is 621. The molecule has 1 unspecified atom stereocenters. The molecular weight excluding hydrogens is 318 g/mol. The van der Waals surface area contributed by atoms with Gasteiger partial charge >= 0.3 is 0 Å². The molecule has 2 N–H and O–H groups in total. The van der Waals surface area contributed by atoms with Crippen molar-refractivity contribution in [3.63, 3.8) is 0 Å². The van der Waals surface area contributed by atoms with Crippen LogP contribution >= 0.6 is 23.7 Å². The largest absolute Gasteiger partial charge is 0.326 e. The first-order valence-electron chi connectivity index (χ1n) is 7.24. The number of aryl methyl sites for hydroxylation is 1. The lowest BCUT2D eigenvalue weighted by Crippen LogP contribution is -2.18. The van der Waals surface area contributed by atoms with E-state index in [1.165, 1.54) is 0 Å². The Morgan fingerprint density at radius 1 is 1.41 bits per heavy atom. The fraction of sp³-hybridized carbons (Fsp3) is 0.375. The highest BCUT2D eigenvalue weighted by molar-refractivity contribution is 7.09. The van der Waals surface area contributed by atoms with Crippen LogP contribution < -0.4 is 10.6 Å². The van der Waals surface area contributed by atoms with E-state index >= 15 is 0 Å². The molecule has 0 saturated carbocycles. The van der Waals surface area contributed by atoms with Crippen molar-refractivity contribution >= 4 is 35.3 Å². The predicted molar refractivity (Wildman–Crippen MR) is 93.8 cm³/mol. The second kappa shape index (κ2) is 7.72. The van der Waals surface area contributed by atoms with E-state index in [1.54, 1.807) is 11.3 Å². The zero-order valence-electron chi connectivity index (χ0n) is 12.5. The zero-order valence-corrected chi connectivity index (χ0v) is 14.1. The average molecular weight is 338 g/mol. The Hall–Kier alpha value is -1.43. The van der Waals surface area contributed by atoms with Crippen molar-refractivity contribution in [1.82, 2.24) is 10.3 Å². The minimum Gasteiger partial charge on any atom is -0.326 e. The quantitative estimate of drug-likeness (QED) is 0.898. The molecule has 1 saturated heterocycles. The molecule has 0 radical (unpaired) electrons. The van der Waals surface area contributed by atoms with Gasteiger partial charge in [0, 0.05) is 23.1 Å². The lowest BCUT2D eigenvalue weighted by Gasteiger charge is -2.09. The Morgan fingerprint density at radius 3 is 2.77 bits per heavy atom. The fourth-order valence-electron chi connectivity index (χ4n) is 2.58.